The minimum atomic E-state index is -0.0123. The molecule has 3 nitrogen and oxygen atoms in total. The Hall–Kier alpha value is -1.51. The van der Waals surface area contributed by atoms with Crippen LogP contribution in [0, 0.1) is 12.8 Å². The molecule has 88 valence electrons. The molecule has 0 spiro atoms. The van der Waals surface area contributed by atoms with Gasteiger partial charge >= 0.3 is 0 Å². The number of rotatable bonds is 4. The van der Waals surface area contributed by atoms with Crippen LogP contribution in [0.3, 0.4) is 0 Å². The Balaban J connectivity index is 2.84. The van der Waals surface area contributed by atoms with E-state index in [1.54, 1.807) is 0 Å². The van der Waals surface area contributed by atoms with Crippen LogP contribution in [0.2, 0.25) is 0 Å². The van der Waals surface area contributed by atoms with Crippen LogP contribution in [0.5, 0.6) is 0 Å². The number of benzene rings is 1. The van der Waals surface area contributed by atoms with E-state index in [9.17, 15) is 4.79 Å². The molecule has 3 heteroatoms. The molecule has 0 aliphatic heterocycles. The molecule has 1 rings (SSSR count). The van der Waals surface area contributed by atoms with Gasteiger partial charge in [0.05, 0.1) is 5.56 Å². The number of carbonyl (C=O) groups is 1. The third kappa shape index (κ3) is 3.26. The van der Waals surface area contributed by atoms with Gasteiger partial charge in [-0.05, 0) is 25.0 Å². The van der Waals surface area contributed by atoms with E-state index < -0.39 is 0 Å². The molecule has 0 saturated carbocycles. The Morgan fingerprint density at radius 3 is 2.62 bits per heavy atom. The Morgan fingerprint density at radius 2 is 2.06 bits per heavy atom. The predicted molar refractivity (Wildman–Crippen MR) is 67.9 cm³/mol. The monoisotopic (exact) mass is 220 g/mol. The number of hydrogen-bond donors (Lipinski definition) is 2. The second-order valence-electron chi connectivity index (χ2n) is 4.40. The largest absolute Gasteiger partial charge is 0.387 e. The molecule has 0 bridgehead atoms. The molecular weight excluding hydrogens is 200 g/mol. The lowest BCUT2D eigenvalue weighted by Crippen LogP contribution is -2.28. The fraction of sp³-hybridized carbons (Fsp3) is 0.462. The maximum Gasteiger partial charge on any atom is 0.253 e. The van der Waals surface area contributed by atoms with Gasteiger partial charge in [0.1, 0.15) is 0 Å². The summed E-state index contributed by atoms with van der Waals surface area (Å²) in [6, 6.07) is 5.83. The maximum absolute atomic E-state index is 11.9. The number of aryl methyl sites for hydroxylation is 1. The Morgan fingerprint density at radius 1 is 1.38 bits per heavy atom. The number of anilines is 1. The number of amides is 1. The zero-order chi connectivity index (χ0) is 12.1. The first-order valence-electron chi connectivity index (χ1n) is 5.61. The minimum Gasteiger partial charge on any atom is -0.387 e. The molecule has 0 fully saturated rings. The van der Waals surface area contributed by atoms with Crippen molar-refractivity contribution in [2.45, 2.75) is 20.8 Å². The van der Waals surface area contributed by atoms with E-state index in [-0.39, 0.29) is 5.91 Å². The van der Waals surface area contributed by atoms with E-state index in [2.05, 4.69) is 24.5 Å². The predicted octanol–water partition coefficient (Wildman–Crippen LogP) is 2.42. The molecule has 0 aliphatic rings. The molecule has 16 heavy (non-hydrogen) atoms. The van der Waals surface area contributed by atoms with Gasteiger partial charge in [-0.3, -0.25) is 4.79 Å². The third-order valence-electron chi connectivity index (χ3n) is 2.36. The summed E-state index contributed by atoms with van der Waals surface area (Å²) in [6.45, 7) is 6.85. The summed E-state index contributed by atoms with van der Waals surface area (Å²) in [4.78, 5) is 11.9. The van der Waals surface area contributed by atoms with E-state index in [1.165, 1.54) is 0 Å². The number of hydrogen-bond acceptors (Lipinski definition) is 2. The normalized spacial score (nSPS) is 10.3. The molecule has 0 heterocycles. The third-order valence-corrected chi connectivity index (χ3v) is 2.36. The molecular formula is C13H20N2O. The van der Waals surface area contributed by atoms with Crippen molar-refractivity contribution in [3.63, 3.8) is 0 Å². The van der Waals surface area contributed by atoms with Crippen LogP contribution >= 0.6 is 0 Å². The van der Waals surface area contributed by atoms with E-state index >= 15 is 0 Å². The smallest absolute Gasteiger partial charge is 0.253 e. The summed E-state index contributed by atoms with van der Waals surface area (Å²) in [5.41, 5.74) is 2.67. The van der Waals surface area contributed by atoms with E-state index in [1.807, 2.05) is 32.2 Å². The Bertz CT molecular complexity index is 372. The average molecular weight is 220 g/mol. The number of nitrogens with one attached hydrogen (secondary N) is 2. The van der Waals surface area contributed by atoms with Crippen LogP contribution < -0.4 is 10.6 Å². The highest BCUT2D eigenvalue weighted by Gasteiger charge is 2.10. The molecule has 1 aromatic rings. The summed E-state index contributed by atoms with van der Waals surface area (Å²) in [5.74, 6) is 0.452. The van der Waals surface area contributed by atoms with Crippen molar-refractivity contribution in [2.24, 2.45) is 5.92 Å². The average Bonchev–Trinajstić information content (AvgIpc) is 2.25. The van der Waals surface area contributed by atoms with Crippen molar-refractivity contribution in [3.8, 4) is 0 Å². The van der Waals surface area contributed by atoms with Gasteiger partial charge in [-0.2, -0.15) is 0 Å². The van der Waals surface area contributed by atoms with Crippen molar-refractivity contribution >= 4 is 11.6 Å². The highest BCUT2D eigenvalue weighted by molar-refractivity contribution is 5.99. The van der Waals surface area contributed by atoms with Crippen LogP contribution in [-0.4, -0.2) is 19.5 Å². The zero-order valence-corrected chi connectivity index (χ0v) is 10.4. The first-order valence-corrected chi connectivity index (χ1v) is 5.61. The molecule has 1 amide bonds. The molecule has 2 N–H and O–H groups in total. The van der Waals surface area contributed by atoms with Crippen LogP contribution in [0.4, 0.5) is 5.69 Å². The van der Waals surface area contributed by atoms with Gasteiger partial charge in [0, 0.05) is 19.3 Å². The highest BCUT2D eigenvalue weighted by atomic mass is 16.1. The van der Waals surface area contributed by atoms with Crippen molar-refractivity contribution in [1.29, 1.82) is 0 Å². The van der Waals surface area contributed by atoms with Crippen LogP contribution in [0.15, 0.2) is 18.2 Å². The van der Waals surface area contributed by atoms with Gasteiger partial charge < -0.3 is 10.6 Å². The van der Waals surface area contributed by atoms with Gasteiger partial charge in [-0.1, -0.05) is 25.5 Å². The topological polar surface area (TPSA) is 41.1 Å². The summed E-state index contributed by atoms with van der Waals surface area (Å²) in [5, 5.41) is 5.95. The first kappa shape index (κ1) is 12.6. The van der Waals surface area contributed by atoms with Crippen LogP contribution in [0.1, 0.15) is 29.8 Å². The van der Waals surface area contributed by atoms with Crippen LogP contribution in [0.25, 0.3) is 0 Å². The lowest BCUT2D eigenvalue weighted by molar-refractivity contribution is 0.0949. The summed E-state index contributed by atoms with van der Waals surface area (Å²) in [6.07, 6.45) is 0. The fourth-order valence-corrected chi connectivity index (χ4v) is 1.46. The summed E-state index contributed by atoms with van der Waals surface area (Å²) in [7, 11) is 1.82. The molecule has 0 atom stereocenters. The number of carbonyl (C=O) groups excluding carboxylic acids is 1. The lowest BCUT2D eigenvalue weighted by atomic mass is 10.1. The van der Waals surface area contributed by atoms with Crippen molar-refractivity contribution < 1.29 is 4.79 Å². The van der Waals surface area contributed by atoms with Gasteiger partial charge in [0.2, 0.25) is 0 Å². The Labute approximate surface area is 97.2 Å². The second kappa shape index (κ2) is 5.54. The Kier molecular flexibility index (Phi) is 4.35. The van der Waals surface area contributed by atoms with Gasteiger partial charge in [-0.25, -0.2) is 0 Å². The fourth-order valence-electron chi connectivity index (χ4n) is 1.46. The second-order valence-corrected chi connectivity index (χ2v) is 4.40. The summed E-state index contributed by atoms with van der Waals surface area (Å²) < 4.78 is 0. The van der Waals surface area contributed by atoms with Crippen LogP contribution in [-0.2, 0) is 0 Å². The van der Waals surface area contributed by atoms with E-state index in [0.29, 0.717) is 18.0 Å². The maximum atomic E-state index is 11.9. The molecule has 0 unspecified atom stereocenters. The van der Waals surface area contributed by atoms with Crippen molar-refractivity contribution in [3.05, 3.63) is 29.3 Å². The SMILES string of the molecule is CNc1ccc(C)cc1C(=O)NCC(C)C. The zero-order valence-electron chi connectivity index (χ0n) is 10.4. The standard InChI is InChI=1S/C13H20N2O/c1-9(2)8-15-13(16)11-7-10(3)5-6-12(11)14-4/h5-7,9,14H,8H2,1-4H3,(H,15,16). The lowest BCUT2D eigenvalue weighted by Gasteiger charge is -2.12. The minimum absolute atomic E-state index is 0.0123. The first-order chi connectivity index (χ1) is 7.54. The van der Waals surface area contributed by atoms with Crippen molar-refractivity contribution in [1.82, 2.24) is 5.32 Å². The van der Waals surface area contributed by atoms with Gasteiger partial charge in [-0.15, -0.1) is 0 Å². The molecule has 0 aliphatic carbocycles. The molecule has 0 radical (unpaired) electrons. The summed E-state index contributed by atoms with van der Waals surface area (Å²) >= 11 is 0. The van der Waals surface area contributed by atoms with E-state index in [0.717, 1.165) is 11.3 Å². The van der Waals surface area contributed by atoms with Crippen molar-refractivity contribution in [2.75, 3.05) is 18.9 Å². The highest BCUT2D eigenvalue weighted by Crippen LogP contribution is 2.16. The van der Waals surface area contributed by atoms with Gasteiger partial charge in [0.15, 0.2) is 0 Å². The molecule has 1 aromatic carbocycles. The van der Waals surface area contributed by atoms with Gasteiger partial charge in [0.25, 0.3) is 5.91 Å². The molecule has 0 aromatic heterocycles. The molecule has 0 saturated heterocycles. The van der Waals surface area contributed by atoms with E-state index in [4.69, 9.17) is 0 Å². The quantitative estimate of drug-likeness (QED) is 0.818.